The quantitative estimate of drug-likeness (QED) is 0.125. The SMILES string of the molecule is CC(C)(C)OC(=O)CC1=N[C@@]2(c3cc(N)ccc3F)CO[C@H](C(F)F)[C@H]2CS1.N#Cc1ccc(C(=O)Nc2ccc(F)c([C@]34CO[C@H](C(F)F)[C@H]3CSC(N)=N4)c2)nc1. The molecule has 20 heteroatoms. The Morgan fingerprint density at radius 2 is 1.51 bits per heavy atom. The normalized spacial score (nSPS) is 26.1. The number of aromatic nitrogens is 1. The zero-order valence-electron chi connectivity index (χ0n) is 31.8. The molecule has 7 rings (SSSR count). The summed E-state index contributed by atoms with van der Waals surface area (Å²) in [6, 6.07) is 12.6. The minimum atomic E-state index is -2.75. The summed E-state index contributed by atoms with van der Waals surface area (Å²) in [7, 11) is 0. The Hall–Kier alpha value is -4.84. The predicted molar refractivity (Wildman–Crippen MR) is 210 cm³/mol. The van der Waals surface area contributed by atoms with Gasteiger partial charge in [-0.2, -0.15) is 5.26 Å². The molecule has 0 bridgehead atoms. The van der Waals surface area contributed by atoms with Crippen LogP contribution in [0.15, 0.2) is 64.7 Å². The third kappa shape index (κ3) is 9.32. The number of nitrogen functional groups attached to an aromatic ring is 1. The third-order valence-corrected chi connectivity index (χ3v) is 12.0. The molecule has 5 N–H and O–H groups in total. The molecule has 1 aromatic heterocycles. The van der Waals surface area contributed by atoms with Gasteiger partial charge in [-0.1, -0.05) is 11.8 Å². The number of nitrogens with zero attached hydrogens (tertiary/aromatic N) is 4. The molecule has 0 saturated carbocycles. The van der Waals surface area contributed by atoms with E-state index in [1.54, 1.807) is 20.8 Å². The average molecular weight is 864 g/mol. The molecule has 4 aliphatic rings. The number of nitrogens with one attached hydrogen (secondary N) is 1. The first kappa shape index (κ1) is 43.7. The minimum absolute atomic E-state index is 0.0227. The lowest BCUT2D eigenvalue weighted by molar-refractivity contribution is -0.153. The van der Waals surface area contributed by atoms with Gasteiger partial charge >= 0.3 is 5.97 Å². The number of carbonyl (C=O) groups is 2. The number of nitrogens with two attached hydrogens (primary N) is 2. The number of halogens is 6. The summed E-state index contributed by atoms with van der Waals surface area (Å²) in [4.78, 5) is 37.5. The maximum absolute atomic E-state index is 14.9. The Labute approximate surface area is 343 Å². The lowest BCUT2D eigenvalue weighted by atomic mass is 9.78. The molecule has 314 valence electrons. The van der Waals surface area contributed by atoms with Crippen LogP contribution in [0.4, 0.5) is 37.7 Å². The Kier molecular flexibility index (Phi) is 12.9. The first-order valence-electron chi connectivity index (χ1n) is 18.1. The molecular formula is C39H39F6N7O5S2. The largest absolute Gasteiger partial charge is 0.460 e. The van der Waals surface area contributed by atoms with Crippen LogP contribution in [0.1, 0.15) is 54.4 Å². The van der Waals surface area contributed by atoms with Crippen LogP contribution in [0.2, 0.25) is 0 Å². The minimum Gasteiger partial charge on any atom is -0.460 e. The van der Waals surface area contributed by atoms with Gasteiger partial charge in [-0.15, -0.1) is 11.8 Å². The average Bonchev–Trinajstić information content (AvgIpc) is 3.76. The summed E-state index contributed by atoms with van der Waals surface area (Å²) in [6.07, 6.45) is -7.09. The number of esters is 1. The smallest absolute Gasteiger partial charge is 0.312 e. The van der Waals surface area contributed by atoms with Gasteiger partial charge in [0.1, 0.15) is 52.3 Å². The molecule has 0 unspecified atom stereocenters. The van der Waals surface area contributed by atoms with Crippen molar-refractivity contribution in [3.8, 4) is 6.07 Å². The van der Waals surface area contributed by atoms with Crippen molar-refractivity contribution in [2.75, 3.05) is 35.8 Å². The van der Waals surface area contributed by atoms with E-state index in [1.807, 2.05) is 6.07 Å². The highest BCUT2D eigenvalue weighted by molar-refractivity contribution is 8.14. The number of pyridine rings is 1. The van der Waals surface area contributed by atoms with Crippen LogP contribution in [0.5, 0.6) is 0 Å². The van der Waals surface area contributed by atoms with Crippen molar-refractivity contribution in [2.24, 2.45) is 27.6 Å². The number of nitriles is 1. The van der Waals surface area contributed by atoms with E-state index in [2.05, 4.69) is 20.3 Å². The van der Waals surface area contributed by atoms with E-state index in [1.165, 1.54) is 60.4 Å². The second kappa shape index (κ2) is 17.4. The highest BCUT2D eigenvalue weighted by atomic mass is 32.2. The monoisotopic (exact) mass is 863 g/mol. The van der Waals surface area contributed by atoms with E-state index >= 15 is 0 Å². The van der Waals surface area contributed by atoms with Gasteiger partial charge in [0.05, 0.1) is 30.2 Å². The van der Waals surface area contributed by atoms with E-state index in [4.69, 9.17) is 30.9 Å². The Morgan fingerprint density at radius 1 is 0.915 bits per heavy atom. The summed E-state index contributed by atoms with van der Waals surface area (Å²) in [6.45, 7) is 4.79. The van der Waals surface area contributed by atoms with Crippen molar-refractivity contribution >= 4 is 57.0 Å². The van der Waals surface area contributed by atoms with Crippen molar-refractivity contribution < 1.29 is 50.1 Å². The van der Waals surface area contributed by atoms with Crippen LogP contribution in [0.3, 0.4) is 0 Å². The van der Waals surface area contributed by atoms with Crippen molar-refractivity contribution in [3.63, 3.8) is 0 Å². The number of alkyl halides is 4. The van der Waals surface area contributed by atoms with Crippen LogP contribution < -0.4 is 16.8 Å². The molecule has 2 fully saturated rings. The summed E-state index contributed by atoms with van der Waals surface area (Å²) in [5.41, 5.74) is 9.26. The number of amidine groups is 1. The van der Waals surface area contributed by atoms with Crippen molar-refractivity contribution in [2.45, 2.75) is 68.9 Å². The molecule has 3 aromatic rings. The Balaban J connectivity index is 0.000000199. The van der Waals surface area contributed by atoms with Gasteiger partial charge in [0.15, 0.2) is 5.17 Å². The van der Waals surface area contributed by atoms with Gasteiger partial charge in [0, 0.05) is 52.0 Å². The fourth-order valence-electron chi connectivity index (χ4n) is 7.34. The lowest BCUT2D eigenvalue weighted by Gasteiger charge is -2.36. The fourth-order valence-corrected chi connectivity index (χ4v) is 9.67. The molecule has 2 aromatic carbocycles. The van der Waals surface area contributed by atoms with Crippen molar-refractivity contribution in [1.82, 2.24) is 4.98 Å². The van der Waals surface area contributed by atoms with E-state index in [0.29, 0.717) is 16.3 Å². The molecule has 6 atom stereocenters. The zero-order chi connectivity index (χ0) is 42.9. The van der Waals surface area contributed by atoms with Crippen LogP contribution in [0.25, 0.3) is 0 Å². The molecule has 4 aliphatic heterocycles. The maximum Gasteiger partial charge on any atom is 0.312 e. The summed E-state index contributed by atoms with van der Waals surface area (Å²) in [5.74, 6) is -3.41. The van der Waals surface area contributed by atoms with Gasteiger partial charge in [-0.25, -0.2) is 36.3 Å². The number of amides is 1. The molecule has 1 amide bonds. The number of hydrogen-bond donors (Lipinski definition) is 3. The van der Waals surface area contributed by atoms with Crippen LogP contribution in [-0.4, -0.2) is 82.5 Å². The van der Waals surface area contributed by atoms with E-state index in [0.717, 1.165) is 17.8 Å². The number of thioether (sulfide) groups is 2. The van der Waals surface area contributed by atoms with Gasteiger partial charge < -0.3 is 31.0 Å². The topological polar surface area (TPSA) is 187 Å². The molecule has 0 spiro atoms. The number of aliphatic imine (C=N–C) groups is 2. The first-order valence-corrected chi connectivity index (χ1v) is 20.1. The second-order valence-corrected chi connectivity index (χ2v) is 17.2. The number of anilines is 2. The standard InChI is InChI=1S/C20H16F3N5O2S.C19H23F3N2O3S/c21-14-3-2-11(27-18(29)15-4-1-10(6-24)7-26-15)5-12(14)20-9-30-16(17(22)23)13(20)8-31-19(25)28-20;1-18(2,3)27-15(25)7-14-24-19(11-6-10(23)4-5-13(11)20)9-26-16(17(21)22)12(19)8-28-14/h1-5,7,13,16-17H,8-9H2,(H2,25,28)(H,27,29);4-6,12,16-17H,7-9,23H2,1-3H3/t13-,16+,20-;12-,16+,19-/m11/s1. The van der Waals surface area contributed by atoms with Gasteiger partial charge in [0.25, 0.3) is 18.8 Å². The number of rotatable bonds is 8. The molecule has 0 aliphatic carbocycles. The van der Waals surface area contributed by atoms with E-state index in [-0.39, 0.29) is 58.8 Å². The molecule has 0 radical (unpaired) electrons. The molecule has 2 saturated heterocycles. The maximum atomic E-state index is 14.9. The highest BCUT2D eigenvalue weighted by Gasteiger charge is 2.58. The number of fused-ring (bicyclic) bond motifs is 2. The lowest BCUT2D eigenvalue weighted by Crippen LogP contribution is -2.43. The molecule has 5 heterocycles. The summed E-state index contributed by atoms with van der Waals surface area (Å²) >= 11 is 2.32. The van der Waals surface area contributed by atoms with E-state index in [9.17, 15) is 35.9 Å². The summed E-state index contributed by atoms with van der Waals surface area (Å²) < 4.78 is 99.5. The Bertz CT molecular complexity index is 2190. The van der Waals surface area contributed by atoms with Gasteiger partial charge in [-0.3, -0.25) is 14.6 Å². The van der Waals surface area contributed by atoms with Crippen molar-refractivity contribution in [1.29, 1.82) is 5.26 Å². The number of carbonyl (C=O) groups excluding carboxylic acids is 2. The summed E-state index contributed by atoms with van der Waals surface area (Å²) in [5, 5.41) is 12.0. The third-order valence-electron chi connectivity index (χ3n) is 9.97. The van der Waals surface area contributed by atoms with Crippen LogP contribution >= 0.6 is 23.5 Å². The van der Waals surface area contributed by atoms with E-state index < -0.39 is 77.1 Å². The van der Waals surface area contributed by atoms with Gasteiger partial charge in [0.2, 0.25) is 0 Å². The highest BCUT2D eigenvalue weighted by Crippen LogP contribution is 2.51. The molecule has 59 heavy (non-hydrogen) atoms. The Morgan fingerprint density at radius 3 is 2.08 bits per heavy atom. The predicted octanol–water partition coefficient (Wildman–Crippen LogP) is 6.64. The van der Waals surface area contributed by atoms with Crippen molar-refractivity contribution in [3.05, 3.63) is 88.7 Å². The zero-order valence-corrected chi connectivity index (χ0v) is 33.4. The number of benzene rings is 2. The fraction of sp³-hybridized carbons (Fsp3) is 0.436. The van der Waals surface area contributed by atoms with Gasteiger partial charge in [-0.05, 0) is 69.3 Å². The second-order valence-electron chi connectivity index (χ2n) is 15.1. The molecular weight excluding hydrogens is 825 g/mol. The first-order chi connectivity index (χ1) is 27.9. The van der Waals surface area contributed by atoms with Crippen LogP contribution in [-0.2, 0) is 30.1 Å². The number of ether oxygens (including phenoxy) is 3. The van der Waals surface area contributed by atoms with Crippen LogP contribution in [0, 0.1) is 34.8 Å². The number of hydrogen-bond acceptors (Lipinski definition) is 13. The molecule has 12 nitrogen and oxygen atoms in total.